The summed E-state index contributed by atoms with van der Waals surface area (Å²) in [6.45, 7) is 5.63. The van der Waals surface area contributed by atoms with Gasteiger partial charge in [-0.05, 0) is 18.7 Å². The Morgan fingerprint density at radius 2 is 1.57 bits per heavy atom. The van der Waals surface area contributed by atoms with Crippen LogP contribution in [0.4, 0.5) is 5.82 Å². The van der Waals surface area contributed by atoms with Gasteiger partial charge in [0, 0.05) is 24.0 Å². The summed E-state index contributed by atoms with van der Waals surface area (Å²) >= 11 is 1.37. The molecule has 1 aliphatic rings. The molecule has 152 valence electrons. The van der Waals surface area contributed by atoms with E-state index in [0.717, 1.165) is 16.7 Å². The van der Waals surface area contributed by atoms with Crippen molar-refractivity contribution in [2.24, 2.45) is 5.10 Å². The Bertz CT molecular complexity index is 1130. The van der Waals surface area contributed by atoms with Gasteiger partial charge in [-0.15, -0.1) is 0 Å². The van der Waals surface area contributed by atoms with E-state index in [1.807, 2.05) is 68.4 Å². The number of imidazole rings is 1. The number of hydrogen-bond acceptors (Lipinski definition) is 5. The molecule has 0 aliphatic carbocycles. The third-order valence-electron chi connectivity index (χ3n) is 4.82. The Hall–Kier alpha value is -3.19. The summed E-state index contributed by atoms with van der Waals surface area (Å²) in [6.07, 6.45) is 0.603. The van der Waals surface area contributed by atoms with E-state index in [9.17, 15) is 9.59 Å². The maximum absolute atomic E-state index is 12.9. The zero-order valence-corrected chi connectivity index (χ0v) is 17.9. The molecule has 0 saturated heterocycles. The number of hydrazone groups is 1. The number of carbonyl (C=O) groups is 2. The molecule has 0 radical (unpaired) electrons. The van der Waals surface area contributed by atoms with Crippen LogP contribution >= 0.6 is 11.8 Å². The molecule has 0 unspecified atom stereocenters. The molecular weight excluding hydrogens is 396 g/mol. The van der Waals surface area contributed by atoms with Gasteiger partial charge in [0.25, 0.3) is 0 Å². The highest BCUT2D eigenvalue weighted by atomic mass is 32.2. The van der Waals surface area contributed by atoms with Crippen LogP contribution in [0.25, 0.3) is 11.4 Å². The fraction of sp³-hybridized carbons (Fsp3) is 0.217. The predicted octanol–water partition coefficient (Wildman–Crippen LogP) is 5.12. The number of fused-ring (bicyclic) bond motifs is 1. The fourth-order valence-corrected chi connectivity index (χ4v) is 4.24. The van der Waals surface area contributed by atoms with E-state index in [1.165, 1.54) is 16.8 Å². The average Bonchev–Trinajstić information content (AvgIpc) is 3.18. The smallest absolute Gasteiger partial charge is 0.248 e. The van der Waals surface area contributed by atoms with Crippen molar-refractivity contribution in [3.63, 3.8) is 0 Å². The number of aryl methyl sites for hydroxylation is 1. The van der Waals surface area contributed by atoms with Crippen LogP contribution in [0.3, 0.4) is 0 Å². The second kappa shape index (κ2) is 8.28. The first-order valence-corrected chi connectivity index (χ1v) is 10.7. The molecule has 1 aromatic heterocycles. The molecule has 2 aromatic carbocycles. The zero-order chi connectivity index (χ0) is 21.3. The van der Waals surface area contributed by atoms with Crippen LogP contribution in [0, 0.1) is 6.92 Å². The molecule has 1 aliphatic heterocycles. The van der Waals surface area contributed by atoms with Crippen LogP contribution < -0.4 is 5.01 Å². The van der Waals surface area contributed by atoms with Crippen LogP contribution in [-0.4, -0.2) is 26.4 Å². The van der Waals surface area contributed by atoms with E-state index < -0.39 is 0 Å². The van der Waals surface area contributed by atoms with Gasteiger partial charge in [-0.25, -0.2) is 4.98 Å². The van der Waals surface area contributed by atoms with Gasteiger partial charge in [0.05, 0.1) is 0 Å². The molecule has 6 nitrogen and oxygen atoms in total. The van der Waals surface area contributed by atoms with Crippen molar-refractivity contribution < 1.29 is 9.59 Å². The number of thioether (sulfide) groups is 1. The van der Waals surface area contributed by atoms with Crippen molar-refractivity contribution >= 4 is 34.4 Å². The Labute approximate surface area is 179 Å². The third-order valence-corrected chi connectivity index (χ3v) is 5.89. The van der Waals surface area contributed by atoms with Gasteiger partial charge >= 0.3 is 0 Å². The Morgan fingerprint density at radius 1 is 0.900 bits per heavy atom. The van der Waals surface area contributed by atoms with E-state index in [4.69, 9.17) is 4.98 Å². The van der Waals surface area contributed by atoms with Crippen LogP contribution in [0.5, 0.6) is 0 Å². The summed E-state index contributed by atoms with van der Waals surface area (Å²) in [5.74, 6) is 0.677. The van der Waals surface area contributed by atoms with E-state index >= 15 is 0 Å². The fourth-order valence-electron chi connectivity index (χ4n) is 3.18. The number of anilines is 1. The Balaban J connectivity index is 1.91. The first-order valence-electron chi connectivity index (χ1n) is 9.91. The van der Waals surface area contributed by atoms with Gasteiger partial charge in [0.1, 0.15) is 15.9 Å². The largest absolute Gasteiger partial charge is 0.274 e. The zero-order valence-electron chi connectivity index (χ0n) is 17.1. The average molecular weight is 419 g/mol. The van der Waals surface area contributed by atoms with Gasteiger partial charge in [-0.2, -0.15) is 10.1 Å². The molecule has 0 atom stereocenters. The van der Waals surface area contributed by atoms with Gasteiger partial charge in [0.15, 0.2) is 5.82 Å². The molecule has 3 aromatic rings. The topological polar surface area (TPSA) is 67.6 Å². The lowest BCUT2D eigenvalue weighted by Gasteiger charge is -2.22. The highest BCUT2D eigenvalue weighted by Crippen LogP contribution is 2.41. The molecule has 7 heteroatoms. The summed E-state index contributed by atoms with van der Waals surface area (Å²) in [4.78, 5) is 30.4. The highest BCUT2D eigenvalue weighted by molar-refractivity contribution is 8.14. The van der Waals surface area contributed by atoms with E-state index in [2.05, 4.69) is 5.10 Å². The minimum Gasteiger partial charge on any atom is -0.274 e. The van der Waals surface area contributed by atoms with Gasteiger partial charge in [-0.3, -0.25) is 14.2 Å². The van der Waals surface area contributed by atoms with E-state index in [1.54, 1.807) is 11.5 Å². The standard InChI is InChI=1S/C23H22N4O2S/c1-4-18(28)26-20(16-9-7-6-8-10-16)24-21-23(26)30-22(25-27(21)19(29)5-2)17-13-11-15(3)12-14-17/h6-14H,4-5H2,1-3H3. The molecule has 0 bridgehead atoms. The number of nitrogens with zero attached hydrogens (tertiary/aromatic N) is 4. The van der Waals surface area contributed by atoms with Gasteiger partial charge < -0.3 is 0 Å². The quantitative estimate of drug-likeness (QED) is 0.590. The molecule has 4 rings (SSSR count). The number of aromatic nitrogens is 2. The highest BCUT2D eigenvalue weighted by Gasteiger charge is 2.33. The van der Waals surface area contributed by atoms with Crippen LogP contribution in [0.1, 0.15) is 42.6 Å². The minimum absolute atomic E-state index is 0.0795. The van der Waals surface area contributed by atoms with Crippen LogP contribution in [0.15, 0.2) is 64.7 Å². The molecular formula is C23H22N4O2S. The number of hydrogen-bond donors (Lipinski definition) is 0. The van der Waals surface area contributed by atoms with E-state index in [0.29, 0.717) is 28.1 Å². The summed E-state index contributed by atoms with van der Waals surface area (Å²) in [5, 5.41) is 7.22. The van der Waals surface area contributed by atoms with Crippen molar-refractivity contribution in [1.29, 1.82) is 0 Å². The predicted molar refractivity (Wildman–Crippen MR) is 120 cm³/mol. The molecule has 1 amide bonds. The van der Waals surface area contributed by atoms with Crippen molar-refractivity contribution in [1.82, 2.24) is 9.55 Å². The third kappa shape index (κ3) is 3.57. The SMILES string of the molecule is CCC(=O)N1N=C(c2ccc(C)cc2)Sc2c1nc(-c1ccccc1)n2C(=O)CC. The second-order valence-electron chi connectivity index (χ2n) is 6.95. The van der Waals surface area contributed by atoms with Gasteiger partial charge in [-0.1, -0.05) is 74.0 Å². The van der Waals surface area contributed by atoms with Crippen molar-refractivity contribution in [2.45, 2.75) is 38.6 Å². The van der Waals surface area contributed by atoms with Crippen LogP contribution in [0.2, 0.25) is 0 Å². The van der Waals surface area contributed by atoms with Gasteiger partial charge in [0.2, 0.25) is 11.8 Å². The molecule has 0 spiro atoms. The van der Waals surface area contributed by atoms with E-state index in [-0.39, 0.29) is 18.2 Å². The number of carbonyl (C=O) groups excluding carboxylic acids is 2. The molecule has 0 N–H and O–H groups in total. The lowest BCUT2D eigenvalue weighted by molar-refractivity contribution is -0.118. The Kier molecular flexibility index (Phi) is 5.55. The normalized spacial score (nSPS) is 13.0. The summed E-state index contributed by atoms with van der Waals surface area (Å²) < 4.78 is 1.62. The van der Waals surface area contributed by atoms with Crippen LogP contribution in [-0.2, 0) is 4.79 Å². The maximum Gasteiger partial charge on any atom is 0.248 e. The summed E-state index contributed by atoms with van der Waals surface area (Å²) in [7, 11) is 0. The van der Waals surface area contributed by atoms with Crippen molar-refractivity contribution in [3.05, 3.63) is 65.7 Å². The first-order chi connectivity index (χ1) is 14.5. The number of benzene rings is 2. The lowest BCUT2D eigenvalue weighted by Crippen LogP contribution is -2.29. The lowest BCUT2D eigenvalue weighted by atomic mass is 10.2. The number of rotatable bonds is 4. The summed E-state index contributed by atoms with van der Waals surface area (Å²) in [5.41, 5.74) is 2.85. The Morgan fingerprint density at radius 3 is 2.20 bits per heavy atom. The first kappa shape index (κ1) is 20.1. The molecule has 2 heterocycles. The van der Waals surface area contributed by atoms with Crippen molar-refractivity contribution in [2.75, 3.05) is 5.01 Å². The second-order valence-corrected chi connectivity index (χ2v) is 7.92. The monoisotopic (exact) mass is 418 g/mol. The molecule has 0 fully saturated rings. The number of amides is 1. The molecule has 30 heavy (non-hydrogen) atoms. The maximum atomic E-state index is 12.9. The van der Waals surface area contributed by atoms with Crippen molar-refractivity contribution in [3.8, 4) is 11.4 Å². The molecule has 0 saturated carbocycles. The summed E-state index contributed by atoms with van der Waals surface area (Å²) in [6, 6.07) is 17.5. The minimum atomic E-state index is -0.172.